The number of alkyl halides is 3. The molecule has 0 unspecified atom stereocenters. The van der Waals surface area contributed by atoms with Crippen LogP contribution in [0, 0.1) is 6.92 Å². The van der Waals surface area contributed by atoms with Crippen LogP contribution in [0.1, 0.15) is 37.5 Å². The van der Waals surface area contributed by atoms with Crippen LogP contribution in [-0.2, 0) is 12.7 Å². The lowest BCUT2D eigenvalue weighted by Gasteiger charge is -2.14. The highest BCUT2D eigenvalue weighted by Gasteiger charge is 2.33. The number of benzene rings is 1. The van der Waals surface area contributed by atoms with Crippen LogP contribution < -0.4 is 11.2 Å². The highest BCUT2D eigenvalue weighted by molar-refractivity contribution is 5.79. The highest BCUT2D eigenvalue weighted by atomic mass is 19.4. The van der Waals surface area contributed by atoms with Gasteiger partial charge in [-0.3, -0.25) is 10.4 Å². The van der Waals surface area contributed by atoms with E-state index in [1.165, 1.54) is 13.0 Å². The summed E-state index contributed by atoms with van der Waals surface area (Å²) >= 11 is 0. The fourth-order valence-electron chi connectivity index (χ4n) is 1.61. The molecule has 1 rings (SSSR count). The summed E-state index contributed by atoms with van der Waals surface area (Å²) in [5.41, 5.74) is 7.89. The van der Waals surface area contributed by atoms with Gasteiger partial charge < -0.3 is 5.73 Å². The monoisotopic (exact) mass is 302 g/mol. The lowest BCUT2D eigenvalue weighted by Crippen LogP contribution is -2.13. The zero-order valence-electron chi connectivity index (χ0n) is 12.7. The van der Waals surface area contributed by atoms with E-state index in [1.807, 2.05) is 13.8 Å². The first kappa shape index (κ1) is 18.9. The lowest BCUT2D eigenvalue weighted by atomic mass is 10.0. The smallest absolute Gasteiger partial charge is 0.399 e. The van der Waals surface area contributed by atoms with Gasteiger partial charge in [-0.15, -0.1) is 0 Å². The van der Waals surface area contributed by atoms with Crippen LogP contribution in [0.25, 0.3) is 0 Å². The number of hydrogen-bond donors (Lipinski definition) is 2. The van der Waals surface area contributed by atoms with Crippen LogP contribution >= 0.6 is 0 Å². The zero-order chi connectivity index (χ0) is 16.6. The first-order valence-corrected chi connectivity index (χ1v) is 6.44. The molecule has 21 heavy (non-hydrogen) atoms. The van der Waals surface area contributed by atoms with E-state index in [9.17, 15) is 13.2 Å². The van der Waals surface area contributed by atoms with Gasteiger partial charge in [0.2, 0.25) is 0 Å². The number of nitrogens with two attached hydrogens (primary N) is 1. The van der Waals surface area contributed by atoms with E-state index in [-0.39, 0.29) is 17.8 Å². The van der Waals surface area contributed by atoms with Crippen molar-refractivity contribution in [3.8, 4) is 0 Å². The SMILES string of the molecule is C=NNC(C)=NCc1cc(N)cc(C(F)(F)F)c1C.CC. The van der Waals surface area contributed by atoms with Crippen molar-refractivity contribution in [2.45, 2.75) is 40.4 Å². The second-order valence-electron chi connectivity index (χ2n) is 4.02. The summed E-state index contributed by atoms with van der Waals surface area (Å²) in [6.45, 7) is 10.4. The second kappa shape index (κ2) is 8.28. The Hall–Kier alpha value is -2.05. The molecule has 0 heterocycles. The minimum Gasteiger partial charge on any atom is -0.399 e. The van der Waals surface area contributed by atoms with E-state index in [0.717, 1.165) is 6.07 Å². The van der Waals surface area contributed by atoms with E-state index < -0.39 is 11.7 Å². The maximum Gasteiger partial charge on any atom is 0.416 e. The van der Waals surface area contributed by atoms with Crippen molar-refractivity contribution in [2.24, 2.45) is 10.1 Å². The third-order valence-electron chi connectivity index (χ3n) is 2.57. The molecular formula is C14H21F3N4. The molecule has 0 amide bonds. The molecule has 3 N–H and O–H groups in total. The number of anilines is 1. The van der Waals surface area contributed by atoms with Gasteiger partial charge in [0, 0.05) is 12.4 Å². The molecule has 0 radical (unpaired) electrons. The zero-order valence-corrected chi connectivity index (χ0v) is 12.7. The summed E-state index contributed by atoms with van der Waals surface area (Å²) in [4.78, 5) is 4.06. The molecule has 0 saturated carbocycles. The number of hydrogen-bond acceptors (Lipinski definition) is 3. The van der Waals surface area contributed by atoms with Crippen molar-refractivity contribution < 1.29 is 13.2 Å². The van der Waals surface area contributed by atoms with Gasteiger partial charge in [-0.05, 0) is 37.1 Å². The maximum absolute atomic E-state index is 12.8. The van der Waals surface area contributed by atoms with Crippen molar-refractivity contribution >= 4 is 18.2 Å². The molecule has 0 fully saturated rings. The van der Waals surface area contributed by atoms with Crippen molar-refractivity contribution in [3.63, 3.8) is 0 Å². The Morgan fingerprint density at radius 3 is 2.38 bits per heavy atom. The van der Waals surface area contributed by atoms with Crippen molar-refractivity contribution in [1.82, 2.24) is 5.43 Å². The number of halogens is 3. The quantitative estimate of drug-likeness (QED) is 0.386. The van der Waals surface area contributed by atoms with E-state index in [1.54, 1.807) is 6.92 Å². The third-order valence-corrected chi connectivity index (χ3v) is 2.57. The summed E-state index contributed by atoms with van der Waals surface area (Å²) in [6.07, 6.45) is -4.42. The summed E-state index contributed by atoms with van der Waals surface area (Å²) in [6, 6.07) is 2.42. The van der Waals surface area contributed by atoms with E-state index in [2.05, 4.69) is 22.2 Å². The molecule has 0 bridgehead atoms. The minimum absolute atomic E-state index is 0.0654. The minimum atomic E-state index is -4.42. The predicted octanol–water partition coefficient (Wildman–Crippen LogP) is 3.75. The Bertz CT molecular complexity index is 508. The average molecular weight is 302 g/mol. The van der Waals surface area contributed by atoms with Gasteiger partial charge in [-0.2, -0.15) is 18.3 Å². The Kier molecular flexibility index (Phi) is 7.48. The van der Waals surface area contributed by atoms with Crippen LogP contribution in [0.4, 0.5) is 18.9 Å². The fraction of sp³-hybridized carbons (Fsp3) is 0.429. The molecule has 0 aliphatic rings. The molecule has 7 heteroatoms. The van der Waals surface area contributed by atoms with Gasteiger partial charge in [0.05, 0.1) is 12.1 Å². The summed E-state index contributed by atoms with van der Waals surface area (Å²) in [5, 5.41) is 3.41. The van der Waals surface area contributed by atoms with Crippen molar-refractivity contribution in [1.29, 1.82) is 0 Å². The second-order valence-corrected chi connectivity index (χ2v) is 4.02. The molecule has 1 aromatic carbocycles. The molecular weight excluding hydrogens is 281 g/mol. The van der Waals surface area contributed by atoms with Gasteiger partial charge in [0.25, 0.3) is 0 Å². The summed E-state index contributed by atoms with van der Waals surface area (Å²) in [7, 11) is 0. The normalized spacial score (nSPS) is 11.5. The van der Waals surface area contributed by atoms with E-state index in [4.69, 9.17) is 5.73 Å². The number of nitrogen functional groups attached to an aromatic ring is 1. The molecule has 0 spiro atoms. The van der Waals surface area contributed by atoms with Crippen LogP contribution in [-0.4, -0.2) is 12.6 Å². The molecule has 118 valence electrons. The predicted molar refractivity (Wildman–Crippen MR) is 81.4 cm³/mol. The molecule has 0 aliphatic carbocycles. The number of amidine groups is 1. The Balaban J connectivity index is 0.00000191. The van der Waals surface area contributed by atoms with Gasteiger partial charge >= 0.3 is 6.18 Å². The lowest BCUT2D eigenvalue weighted by molar-refractivity contribution is -0.138. The molecule has 1 aromatic rings. The maximum atomic E-state index is 12.8. The Labute approximate surface area is 123 Å². The van der Waals surface area contributed by atoms with Crippen LogP contribution in [0.5, 0.6) is 0 Å². The Morgan fingerprint density at radius 1 is 1.33 bits per heavy atom. The molecule has 4 nitrogen and oxygen atoms in total. The third kappa shape index (κ3) is 5.85. The highest BCUT2D eigenvalue weighted by Crippen LogP contribution is 2.34. The van der Waals surface area contributed by atoms with Gasteiger partial charge in [0.1, 0.15) is 5.84 Å². The molecule has 0 aromatic heterocycles. The number of nitrogens with zero attached hydrogens (tertiary/aromatic N) is 2. The first-order valence-electron chi connectivity index (χ1n) is 6.44. The average Bonchev–Trinajstić information content (AvgIpc) is 2.40. The standard InChI is InChI=1S/C12H15F3N4.C2H6/c1-7-9(6-18-8(2)19-17-3)4-10(16)5-11(7)12(13,14)15;1-2/h4-5H,3,6,16H2,1-2H3,(H,18,19);1-2H3. The number of hydrazone groups is 1. The van der Waals surface area contributed by atoms with Crippen LogP contribution in [0.2, 0.25) is 0 Å². The van der Waals surface area contributed by atoms with Crippen molar-refractivity contribution in [3.05, 3.63) is 28.8 Å². The first-order chi connectivity index (χ1) is 9.75. The van der Waals surface area contributed by atoms with Crippen molar-refractivity contribution in [2.75, 3.05) is 5.73 Å². The fourth-order valence-corrected chi connectivity index (χ4v) is 1.61. The Morgan fingerprint density at radius 2 is 1.90 bits per heavy atom. The largest absolute Gasteiger partial charge is 0.416 e. The van der Waals surface area contributed by atoms with E-state index in [0.29, 0.717) is 11.4 Å². The summed E-state index contributed by atoms with van der Waals surface area (Å²) in [5.74, 6) is 0.463. The summed E-state index contributed by atoms with van der Waals surface area (Å²) < 4.78 is 38.4. The number of nitrogens with one attached hydrogen (secondary N) is 1. The topological polar surface area (TPSA) is 62.8 Å². The molecule has 0 saturated heterocycles. The van der Waals surface area contributed by atoms with Crippen LogP contribution in [0.15, 0.2) is 22.2 Å². The van der Waals surface area contributed by atoms with E-state index >= 15 is 0 Å². The molecule has 0 atom stereocenters. The van der Waals surface area contributed by atoms with Gasteiger partial charge in [-0.1, -0.05) is 13.8 Å². The molecule has 0 aliphatic heterocycles. The van der Waals surface area contributed by atoms with Gasteiger partial charge in [0.15, 0.2) is 0 Å². The number of aliphatic imine (C=N–C) groups is 1. The van der Waals surface area contributed by atoms with Gasteiger partial charge in [-0.25, -0.2) is 0 Å². The van der Waals surface area contributed by atoms with Crippen LogP contribution in [0.3, 0.4) is 0 Å². The number of rotatable bonds is 3.